The number of rotatable bonds is 7. The summed E-state index contributed by atoms with van der Waals surface area (Å²) in [5.41, 5.74) is 3.32. The van der Waals surface area contributed by atoms with Gasteiger partial charge in [0, 0.05) is 35.2 Å². The molecule has 1 atom stereocenters. The van der Waals surface area contributed by atoms with E-state index in [-0.39, 0.29) is 17.9 Å². The first-order valence-corrected chi connectivity index (χ1v) is 11.8. The minimum atomic E-state index is -0.918. The van der Waals surface area contributed by atoms with Crippen LogP contribution in [0.1, 0.15) is 24.1 Å². The number of ether oxygens (including phenoxy) is 1. The Bertz CT molecular complexity index is 1550. The van der Waals surface area contributed by atoms with Crippen molar-refractivity contribution < 1.29 is 19.2 Å². The third-order valence-corrected chi connectivity index (χ3v) is 6.11. The molecule has 0 aliphatic carbocycles. The second kappa shape index (κ2) is 10.4. The van der Waals surface area contributed by atoms with E-state index in [1.165, 1.54) is 12.1 Å². The van der Waals surface area contributed by atoms with E-state index in [1.807, 2.05) is 60.7 Å². The van der Waals surface area contributed by atoms with Gasteiger partial charge in [0.1, 0.15) is 6.61 Å². The Labute approximate surface area is 217 Å². The van der Waals surface area contributed by atoms with Crippen molar-refractivity contribution in [1.82, 2.24) is 20.4 Å². The summed E-state index contributed by atoms with van der Waals surface area (Å²) in [5, 5.41) is 21.6. The zero-order chi connectivity index (χ0) is 26.6. The molecular formula is C28H23N5O5. The van der Waals surface area contributed by atoms with Crippen LogP contribution >= 0.6 is 0 Å². The van der Waals surface area contributed by atoms with Gasteiger partial charge >= 0.3 is 12.0 Å². The Kier molecular flexibility index (Phi) is 6.68. The molecule has 0 saturated heterocycles. The number of carbonyl (C=O) groups excluding carboxylic acids is 2. The number of hydrogen-bond acceptors (Lipinski definition) is 6. The van der Waals surface area contributed by atoms with Crippen LogP contribution in [0.15, 0.2) is 102 Å². The van der Waals surface area contributed by atoms with Crippen LogP contribution in [0.5, 0.6) is 0 Å². The van der Waals surface area contributed by atoms with Crippen molar-refractivity contribution in [2.75, 3.05) is 0 Å². The molecule has 0 radical (unpaired) electrons. The Hall–Kier alpha value is -5.25. The molecule has 2 heterocycles. The predicted molar refractivity (Wildman–Crippen MR) is 139 cm³/mol. The molecule has 10 heteroatoms. The molecule has 38 heavy (non-hydrogen) atoms. The number of nitro groups is 1. The SMILES string of the molecule is CC1=C(C(=O)OCc2ccccc2)C(c2cn(-c3ccccc3)nc2-c2cccc([N+](=O)[O-])c2)NC(=O)N1. The van der Waals surface area contributed by atoms with Crippen molar-refractivity contribution in [3.05, 3.63) is 124 Å². The van der Waals surface area contributed by atoms with Gasteiger partial charge in [0.2, 0.25) is 0 Å². The summed E-state index contributed by atoms with van der Waals surface area (Å²) in [4.78, 5) is 36.9. The Balaban J connectivity index is 1.60. The lowest BCUT2D eigenvalue weighted by Gasteiger charge is -2.28. The number of nitro benzene ring substituents is 1. The number of allylic oxidation sites excluding steroid dienone is 1. The molecule has 1 aliphatic heterocycles. The number of amides is 2. The number of para-hydroxylation sites is 1. The lowest BCUT2D eigenvalue weighted by atomic mass is 9.93. The van der Waals surface area contributed by atoms with Gasteiger partial charge in [0.05, 0.1) is 27.9 Å². The molecular weight excluding hydrogens is 486 g/mol. The second-order valence-electron chi connectivity index (χ2n) is 8.65. The van der Waals surface area contributed by atoms with E-state index in [0.717, 1.165) is 11.3 Å². The van der Waals surface area contributed by atoms with Crippen molar-refractivity contribution in [3.8, 4) is 16.9 Å². The first-order valence-electron chi connectivity index (χ1n) is 11.8. The van der Waals surface area contributed by atoms with Crippen LogP contribution in [0.4, 0.5) is 10.5 Å². The zero-order valence-corrected chi connectivity index (χ0v) is 20.3. The fourth-order valence-corrected chi connectivity index (χ4v) is 4.30. The quantitative estimate of drug-likeness (QED) is 0.209. The standard InChI is InChI=1S/C28H23N5O5/c1-18-24(27(34)38-17-19-9-4-2-5-10-19)26(30-28(35)29-18)23-16-32(21-12-6-3-7-13-21)31-25(23)20-11-8-14-22(15-20)33(36)37/h2-16,26H,17H2,1H3,(H2,29,30,35). The van der Waals surface area contributed by atoms with E-state index >= 15 is 0 Å². The number of non-ortho nitro benzene ring substituents is 1. The number of nitrogens with one attached hydrogen (secondary N) is 2. The highest BCUT2D eigenvalue weighted by Gasteiger charge is 2.35. The lowest BCUT2D eigenvalue weighted by Crippen LogP contribution is -2.45. The molecule has 4 aromatic rings. The highest BCUT2D eigenvalue weighted by Crippen LogP contribution is 2.36. The molecule has 1 aliphatic rings. The topological polar surface area (TPSA) is 128 Å². The number of carbonyl (C=O) groups is 2. The van der Waals surface area contributed by atoms with Gasteiger partial charge in [-0.1, -0.05) is 60.7 Å². The number of esters is 1. The Morgan fingerprint density at radius 3 is 2.47 bits per heavy atom. The van der Waals surface area contributed by atoms with Gasteiger partial charge in [-0.25, -0.2) is 14.3 Å². The molecule has 190 valence electrons. The van der Waals surface area contributed by atoms with E-state index in [1.54, 1.807) is 29.9 Å². The molecule has 3 aromatic carbocycles. The van der Waals surface area contributed by atoms with Crippen molar-refractivity contribution in [2.45, 2.75) is 19.6 Å². The summed E-state index contributed by atoms with van der Waals surface area (Å²) >= 11 is 0. The summed E-state index contributed by atoms with van der Waals surface area (Å²) in [7, 11) is 0. The number of aromatic nitrogens is 2. The third-order valence-electron chi connectivity index (χ3n) is 6.11. The molecule has 1 unspecified atom stereocenters. The maximum atomic E-state index is 13.4. The minimum Gasteiger partial charge on any atom is -0.457 e. The highest BCUT2D eigenvalue weighted by molar-refractivity contribution is 5.95. The second-order valence-corrected chi connectivity index (χ2v) is 8.65. The summed E-state index contributed by atoms with van der Waals surface area (Å²) < 4.78 is 7.22. The van der Waals surface area contributed by atoms with Gasteiger partial charge in [-0.05, 0) is 24.6 Å². The van der Waals surface area contributed by atoms with Crippen LogP contribution in [0.25, 0.3) is 16.9 Å². The summed E-state index contributed by atoms with van der Waals surface area (Å²) in [6.45, 7) is 1.68. The average Bonchev–Trinajstić information content (AvgIpc) is 3.38. The van der Waals surface area contributed by atoms with Crippen molar-refractivity contribution >= 4 is 17.7 Å². The van der Waals surface area contributed by atoms with E-state index in [4.69, 9.17) is 9.84 Å². The summed E-state index contributed by atoms with van der Waals surface area (Å²) in [5.74, 6) is -0.610. The predicted octanol–water partition coefficient (Wildman–Crippen LogP) is 4.82. The molecule has 2 amide bonds. The normalized spacial score (nSPS) is 15.0. The highest BCUT2D eigenvalue weighted by atomic mass is 16.6. The van der Waals surface area contributed by atoms with Gasteiger partial charge in [0.15, 0.2) is 0 Å². The summed E-state index contributed by atoms with van der Waals surface area (Å²) in [6, 6.07) is 23.2. The lowest BCUT2D eigenvalue weighted by molar-refractivity contribution is -0.384. The molecule has 5 rings (SSSR count). The number of urea groups is 1. The maximum Gasteiger partial charge on any atom is 0.338 e. The van der Waals surface area contributed by atoms with Gasteiger partial charge in [-0.2, -0.15) is 5.10 Å². The molecule has 10 nitrogen and oxygen atoms in total. The number of hydrogen-bond donors (Lipinski definition) is 2. The van der Waals surface area contributed by atoms with Crippen LogP contribution in [0.2, 0.25) is 0 Å². The van der Waals surface area contributed by atoms with Gasteiger partial charge in [-0.15, -0.1) is 0 Å². The van der Waals surface area contributed by atoms with E-state index in [9.17, 15) is 19.7 Å². The van der Waals surface area contributed by atoms with Crippen LogP contribution in [0, 0.1) is 10.1 Å². The van der Waals surface area contributed by atoms with E-state index in [2.05, 4.69) is 10.6 Å². The largest absolute Gasteiger partial charge is 0.457 e. The van der Waals surface area contributed by atoms with Crippen molar-refractivity contribution in [1.29, 1.82) is 0 Å². The summed E-state index contributed by atoms with van der Waals surface area (Å²) in [6.07, 6.45) is 1.71. The Morgan fingerprint density at radius 1 is 1.05 bits per heavy atom. The monoisotopic (exact) mass is 509 g/mol. The fraction of sp³-hybridized carbons (Fsp3) is 0.107. The van der Waals surface area contributed by atoms with Gasteiger partial charge < -0.3 is 15.4 Å². The molecule has 1 aromatic heterocycles. The average molecular weight is 510 g/mol. The maximum absolute atomic E-state index is 13.4. The molecule has 0 saturated carbocycles. The van der Waals surface area contributed by atoms with Crippen LogP contribution in [0.3, 0.4) is 0 Å². The molecule has 0 bridgehead atoms. The fourth-order valence-electron chi connectivity index (χ4n) is 4.30. The number of benzene rings is 3. The zero-order valence-electron chi connectivity index (χ0n) is 20.3. The van der Waals surface area contributed by atoms with Crippen LogP contribution < -0.4 is 10.6 Å². The van der Waals surface area contributed by atoms with E-state index in [0.29, 0.717) is 22.5 Å². The third kappa shape index (κ3) is 5.00. The van der Waals surface area contributed by atoms with Gasteiger partial charge in [-0.3, -0.25) is 10.1 Å². The minimum absolute atomic E-state index is 0.0537. The smallest absolute Gasteiger partial charge is 0.338 e. The van der Waals surface area contributed by atoms with Gasteiger partial charge in [0.25, 0.3) is 5.69 Å². The van der Waals surface area contributed by atoms with Crippen LogP contribution in [-0.4, -0.2) is 26.7 Å². The number of nitrogens with zero attached hydrogens (tertiary/aromatic N) is 3. The Morgan fingerprint density at radius 2 is 1.76 bits per heavy atom. The molecule has 2 N–H and O–H groups in total. The first kappa shape index (κ1) is 24.4. The molecule has 0 fully saturated rings. The van der Waals surface area contributed by atoms with Crippen LogP contribution in [-0.2, 0) is 16.1 Å². The van der Waals surface area contributed by atoms with Crippen molar-refractivity contribution in [2.24, 2.45) is 0 Å². The first-order chi connectivity index (χ1) is 18.4. The molecule has 0 spiro atoms. The van der Waals surface area contributed by atoms with E-state index < -0.39 is 23.0 Å². The van der Waals surface area contributed by atoms with Crippen molar-refractivity contribution in [3.63, 3.8) is 0 Å².